The zero-order chi connectivity index (χ0) is 16.9. The normalized spacial score (nSPS) is 11.0. The summed E-state index contributed by atoms with van der Waals surface area (Å²) < 4.78 is 27.8. The zero-order valence-corrected chi connectivity index (χ0v) is 13.5. The number of primary sulfonamides is 1. The van der Waals surface area contributed by atoms with Crippen LogP contribution in [0.4, 0.5) is 4.79 Å². The van der Waals surface area contributed by atoms with Crippen molar-refractivity contribution in [1.82, 2.24) is 5.32 Å². The van der Waals surface area contributed by atoms with Gasteiger partial charge in [0.25, 0.3) is 0 Å². The van der Waals surface area contributed by atoms with Gasteiger partial charge < -0.3 is 10.1 Å². The summed E-state index contributed by atoms with van der Waals surface area (Å²) in [6, 6.07) is 14.0. The first-order chi connectivity index (χ1) is 10.9. The molecule has 0 fully saturated rings. The Hall–Kier alpha value is -2.38. The Morgan fingerprint density at radius 2 is 1.83 bits per heavy atom. The van der Waals surface area contributed by atoms with Crippen LogP contribution in [0.3, 0.4) is 0 Å². The molecule has 0 saturated carbocycles. The molecular weight excluding hydrogens is 316 g/mol. The number of nitrogens with two attached hydrogens (primary N) is 1. The molecule has 0 aromatic heterocycles. The van der Waals surface area contributed by atoms with Gasteiger partial charge in [-0.2, -0.15) is 0 Å². The number of amides is 1. The van der Waals surface area contributed by atoms with Crippen molar-refractivity contribution in [3.8, 4) is 0 Å². The average Bonchev–Trinajstić information content (AvgIpc) is 2.50. The first-order valence-electron chi connectivity index (χ1n) is 6.93. The van der Waals surface area contributed by atoms with Crippen LogP contribution in [0.25, 0.3) is 0 Å². The number of hydrogen-bond acceptors (Lipinski definition) is 4. The van der Waals surface area contributed by atoms with E-state index in [1.807, 2.05) is 30.3 Å². The largest absolute Gasteiger partial charge is 0.445 e. The summed E-state index contributed by atoms with van der Waals surface area (Å²) in [5, 5.41) is 7.72. The Morgan fingerprint density at radius 3 is 2.43 bits per heavy atom. The number of benzene rings is 2. The summed E-state index contributed by atoms with van der Waals surface area (Å²) in [5.41, 5.74) is 2.19. The van der Waals surface area contributed by atoms with Crippen LogP contribution in [-0.4, -0.2) is 14.5 Å². The Balaban J connectivity index is 1.88. The van der Waals surface area contributed by atoms with Crippen molar-refractivity contribution in [2.75, 3.05) is 0 Å². The molecule has 3 N–H and O–H groups in total. The van der Waals surface area contributed by atoms with E-state index in [4.69, 9.17) is 9.88 Å². The van der Waals surface area contributed by atoms with Crippen LogP contribution >= 0.6 is 0 Å². The summed E-state index contributed by atoms with van der Waals surface area (Å²) in [7, 11) is -3.73. The molecule has 7 heteroatoms. The van der Waals surface area contributed by atoms with Crippen LogP contribution < -0.4 is 10.5 Å². The number of ether oxygens (including phenoxy) is 1. The van der Waals surface area contributed by atoms with Crippen LogP contribution in [0.2, 0.25) is 0 Å². The summed E-state index contributed by atoms with van der Waals surface area (Å²) in [5.74, 6) is 0. The Kier molecular flexibility index (Phi) is 5.36. The number of carbonyl (C=O) groups excluding carboxylic acids is 1. The molecule has 0 aliphatic heterocycles. The van der Waals surface area contributed by atoms with Crippen LogP contribution in [0.15, 0.2) is 53.4 Å². The topological polar surface area (TPSA) is 98.5 Å². The minimum absolute atomic E-state index is 0.0768. The van der Waals surface area contributed by atoms with E-state index in [0.29, 0.717) is 5.56 Å². The highest BCUT2D eigenvalue weighted by molar-refractivity contribution is 7.89. The van der Waals surface area contributed by atoms with Crippen molar-refractivity contribution in [3.05, 3.63) is 65.2 Å². The number of rotatable bonds is 5. The SMILES string of the molecule is Cc1cc(CNC(=O)OCc2ccccc2)ccc1S(N)(=O)=O. The molecule has 23 heavy (non-hydrogen) atoms. The molecule has 0 atom stereocenters. The quantitative estimate of drug-likeness (QED) is 0.874. The lowest BCUT2D eigenvalue weighted by Crippen LogP contribution is -2.23. The maximum Gasteiger partial charge on any atom is 0.407 e. The summed E-state index contributed by atoms with van der Waals surface area (Å²) in [4.78, 5) is 11.7. The van der Waals surface area contributed by atoms with Crippen LogP contribution in [0.1, 0.15) is 16.7 Å². The van der Waals surface area contributed by atoms with Crippen molar-refractivity contribution < 1.29 is 17.9 Å². The standard InChI is InChI=1S/C16H18N2O4S/c1-12-9-14(7-8-15(12)23(17,20)21)10-18-16(19)22-11-13-5-3-2-4-6-13/h2-9H,10-11H2,1H3,(H,18,19)(H2,17,20,21). The third kappa shape index (κ3) is 5.08. The third-order valence-electron chi connectivity index (χ3n) is 3.20. The summed E-state index contributed by atoms with van der Waals surface area (Å²) >= 11 is 0. The highest BCUT2D eigenvalue weighted by Gasteiger charge is 2.11. The maximum atomic E-state index is 11.7. The minimum atomic E-state index is -3.73. The molecule has 122 valence electrons. The summed E-state index contributed by atoms with van der Waals surface area (Å²) in [6.45, 7) is 2.08. The summed E-state index contributed by atoms with van der Waals surface area (Å²) in [6.07, 6.45) is -0.540. The van der Waals surface area contributed by atoms with Gasteiger partial charge in [0.2, 0.25) is 10.0 Å². The van der Waals surface area contributed by atoms with E-state index in [9.17, 15) is 13.2 Å². The Morgan fingerprint density at radius 1 is 1.13 bits per heavy atom. The van der Waals surface area contributed by atoms with E-state index >= 15 is 0 Å². The molecule has 0 unspecified atom stereocenters. The first kappa shape index (κ1) is 17.0. The number of sulfonamides is 1. The molecule has 1 amide bonds. The predicted molar refractivity (Wildman–Crippen MR) is 86.0 cm³/mol. The first-order valence-corrected chi connectivity index (χ1v) is 8.48. The van der Waals surface area contributed by atoms with Gasteiger partial charge in [-0.05, 0) is 29.7 Å². The van der Waals surface area contributed by atoms with E-state index < -0.39 is 16.1 Å². The fraction of sp³-hybridized carbons (Fsp3) is 0.188. The van der Waals surface area contributed by atoms with Gasteiger partial charge in [0.05, 0.1) is 4.90 Å². The lowest BCUT2D eigenvalue weighted by atomic mass is 10.1. The van der Waals surface area contributed by atoms with Gasteiger partial charge in [0.15, 0.2) is 0 Å². The number of carbonyl (C=O) groups is 1. The Bertz CT molecular complexity index is 789. The third-order valence-corrected chi connectivity index (χ3v) is 4.27. The van der Waals surface area contributed by atoms with Crippen LogP contribution in [0.5, 0.6) is 0 Å². The predicted octanol–water partition coefficient (Wildman–Crippen LogP) is 2.07. The van der Waals surface area contributed by atoms with Crippen molar-refractivity contribution in [1.29, 1.82) is 0 Å². The molecule has 0 saturated heterocycles. The second-order valence-corrected chi connectivity index (χ2v) is 6.59. The molecule has 2 aromatic carbocycles. The second kappa shape index (κ2) is 7.26. The number of nitrogens with one attached hydrogen (secondary N) is 1. The van der Waals surface area contributed by atoms with Crippen molar-refractivity contribution in [2.45, 2.75) is 25.0 Å². The number of alkyl carbamates (subject to hydrolysis) is 1. The van der Waals surface area contributed by atoms with Crippen molar-refractivity contribution in [2.24, 2.45) is 5.14 Å². The highest BCUT2D eigenvalue weighted by Crippen LogP contribution is 2.15. The fourth-order valence-electron chi connectivity index (χ4n) is 2.09. The monoisotopic (exact) mass is 334 g/mol. The van der Waals surface area contributed by atoms with Gasteiger partial charge in [-0.3, -0.25) is 0 Å². The lowest BCUT2D eigenvalue weighted by Gasteiger charge is -2.09. The molecule has 0 aliphatic carbocycles. The average molecular weight is 334 g/mol. The fourth-order valence-corrected chi connectivity index (χ4v) is 2.85. The molecule has 2 aromatic rings. The zero-order valence-electron chi connectivity index (χ0n) is 12.7. The van der Waals surface area contributed by atoms with Gasteiger partial charge in [-0.15, -0.1) is 0 Å². The highest BCUT2D eigenvalue weighted by atomic mass is 32.2. The molecule has 0 heterocycles. The minimum Gasteiger partial charge on any atom is -0.445 e. The second-order valence-electron chi connectivity index (χ2n) is 5.06. The molecule has 0 bridgehead atoms. The lowest BCUT2D eigenvalue weighted by molar-refractivity contribution is 0.139. The van der Waals surface area contributed by atoms with Gasteiger partial charge >= 0.3 is 6.09 Å². The molecule has 6 nitrogen and oxygen atoms in total. The molecule has 0 spiro atoms. The molecule has 2 rings (SSSR count). The maximum absolute atomic E-state index is 11.7. The number of aryl methyl sites for hydroxylation is 1. The van der Waals surface area contributed by atoms with Crippen molar-refractivity contribution >= 4 is 16.1 Å². The van der Waals surface area contributed by atoms with Gasteiger partial charge in [-0.1, -0.05) is 42.5 Å². The van der Waals surface area contributed by atoms with Gasteiger partial charge in [0.1, 0.15) is 6.61 Å². The van der Waals surface area contributed by atoms with E-state index in [0.717, 1.165) is 11.1 Å². The molecule has 0 radical (unpaired) electrons. The van der Waals surface area contributed by atoms with Crippen molar-refractivity contribution in [3.63, 3.8) is 0 Å². The van der Waals surface area contributed by atoms with Crippen LogP contribution in [0, 0.1) is 6.92 Å². The van der Waals surface area contributed by atoms with Crippen LogP contribution in [-0.2, 0) is 27.9 Å². The van der Waals surface area contributed by atoms with E-state index in [2.05, 4.69) is 5.32 Å². The number of hydrogen-bond donors (Lipinski definition) is 2. The van der Waals surface area contributed by atoms with Gasteiger partial charge in [0, 0.05) is 6.54 Å². The van der Waals surface area contributed by atoms with Gasteiger partial charge in [-0.25, -0.2) is 18.4 Å². The Labute approximate surface area is 135 Å². The van der Waals surface area contributed by atoms with E-state index in [1.54, 1.807) is 19.1 Å². The van der Waals surface area contributed by atoms with E-state index in [1.165, 1.54) is 6.07 Å². The van der Waals surface area contributed by atoms with E-state index in [-0.39, 0.29) is 18.0 Å². The molecule has 0 aliphatic rings. The molecular formula is C16H18N2O4S. The smallest absolute Gasteiger partial charge is 0.407 e.